The second kappa shape index (κ2) is 12.7. The zero-order valence-corrected chi connectivity index (χ0v) is 21.9. The number of benzene rings is 3. The number of carbonyl (C=O) groups excluding carboxylic acids is 1. The van der Waals surface area contributed by atoms with E-state index >= 15 is 0 Å². The number of hydrogen-bond acceptors (Lipinski definition) is 4. The Labute approximate surface area is 220 Å². The molecule has 1 atom stereocenters. The van der Waals surface area contributed by atoms with Crippen LogP contribution in [0.2, 0.25) is 5.02 Å². The zero-order valence-electron chi connectivity index (χ0n) is 20.3. The van der Waals surface area contributed by atoms with Gasteiger partial charge in [0, 0.05) is 23.2 Å². The maximum absolute atomic E-state index is 13.3. The van der Waals surface area contributed by atoms with Crippen LogP contribution in [0.3, 0.4) is 0 Å². The van der Waals surface area contributed by atoms with Crippen molar-refractivity contribution in [1.82, 2.24) is 14.9 Å². The number of aromatic nitrogens is 2. The zero-order chi connectivity index (χ0) is 25.3. The van der Waals surface area contributed by atoms with Crippen molar-refractivity contribution in [3.8, 4) is 5.69 Å². The maximum Gasteiger partial charge on any atom is 0.266 e. The van der Waals surface area contributed by atoms with Crippen molar-refractivity contribution in [2.24, 2.45) is 0 Å². The fraction of sp³-hybridized carbons (Fsp3) is 0.276. The molecule has 1 N–H and O–H groups in total. The average molecular weight is 520 g/mol. The average Bonchev–Trinajstić information content (AvgIpc) is 2.88. The van der Waals surface area contributed by atoms with Gasteiger partial charge in [-0.15, -0.1) is 0 Å². The summed E-state index contributed by atoms with van der Waals surface area (Å²) in [5.41, 5.74) is 2.53. The number of halogens is 1. The maximum atomic E-state index is 13.3. The number of hydrogen-bond donors (Lipinski definition) is 1. The third-order valence-electron chi connectivity index (χ3n) is 5.96. The smallest absolute Gasteiger partial charge is 0.266 e. The van der Waals surface area contributed by atoms with Crippen molar-refractivity contribution < 1.29 is 4.79 Å². The molecule has 0 radical (unpaired) electrons. The Hall–Kier alpha value is -3.09. The van der Waals surface area contributed by atoms with Crippen LogP contribution in [-0.4, -0.2) is 27.3 Å². The molecule has 5 nitrogen and oxygen atoms in total. The van der Waals surface area contributed by atoms with Gasteiger partial charge in [-0.05, 0) is 68.5 Å². The van der Waals surface area contributed by atoms with Gasteiger partial charge in [0.2, 0.25) is 5.91 Å². The van der Waals surface area contributed by atoms with Crippen LogP contribution in [0.15, 0.2) is 88.8 Å². The van der Waals surface area contributed by atoms with Gasteiger partial charge < -0.3 is 5.32 Å². The minimum absolute atomic E-state index is 0.0835. The van der Waals surface area contributed by atoms with Crippen LogP contribution in [0.5, 0.6) is 0 Å². The number of unbranched alkanes of at least 4 members (excludes halogenated alkanes) is 1. The molecule has 0 spiro atoms. The molecular weight excluding hydrogens is 490 g/mol. The van der Waals surface area contributed by atoms with Gasteiger partial charge >= 0.3 is 0 Å². The lowest BCUT2D eigenvalue weighted by Crippen LogP contribution is -2.32. The van der Waals surface area contributed by atoms with E-state index in [1.54, 1.807) is 22.8 Å². The lowest BCUT2D eigenvalue weighted by atomic mass is 10.1. The molecule has 0 saturated carbocycles. The minimum Gasteiger partial charge on any atom is -0.354 e. The highest BCUT2D eigenvalue weighted by Gasteiger charge is 2.14. The van der Waals surface area contributed by atoms with Crippen LogP contribution in [-0.2, 0) is 11.2 Å². The summed E-state index contributed by atoms with van der Waals surface area (Å²) in [4.78, 5) is 30.4. The first kappa shape index (κ1) is 26.0. The Morgan fingerprint density at radius 3 is 2.61 bits per heavy atom. The summed E-state index contributed by atoms with van der Waals surface area (Å²) in [6.45, 7) is 2.05. The second-order valence-corrected chi connectivity index (χ2v) is 10.3. The molecule has 0 aliphatic rings. The number of nitrogens with zero attached hydrogens (tertiary/aromatic N) is 2. The van der Waals surface area contributed by atoms with E-state index in [0.29, 0.717) is 33.2 Å². The predicted octanol–water partition coefficient (Wildman–Crippen LogP) is 6.44. The Balaban J connectivity index is 1.31. The van der Waals surface area contributed by atoms with E-state index in [0.717, 1.165) is 31.4 Å². The van der Waals surface area contributed by atoms with Gasteiger partial charge in [0.25, 0.3) is 5.56 Å². The topological polar surface area (TPSA) is 64.0 Å². The van der Waals surface area contributed by atoms with Crippen molar-refractivity contribution in [2.45, 2.75) is 50.2 Å². The number of nitrogens with one attached hydrogen (secondary N) is 1. The Morgan fingerprint density at radius 2 is 1.81 bits per heavy atom. The van der Waals surface area contributed by atoms with Crippen molar-refractivity contribution >= 4 is 40.2 Å². The van der Waals surface area contributed by atoms with Crippen LogP contribution in [0.4, 0.5) is 0 Å². The number of para-hydroxylation sites is 1. The second-order valence-electron chi connectivity index (χ2n) is 8.83. The quantitative estimate of drug-likeness (QED) is 0.141. The molecule has 186 valence electrons. The lowest BCUT2D eigenvalue weighted by Gasteiger charge is -2.14. The molecule has 0 saturated heterocycles. The van der Waals surface area contributed by atoms with Gasteiger partial charge in [0.15, 0.2) is 5.16 Å². The first-order valence-electron chi connectivity index (χ1n) is 12.2. The number of amides is 1. The van der Waals surface area contributed by atoms with Crippen molar-refractivity contribution in [3.63, 3.8) is 0 Å². The number of fused-ring (bicyclic) bond motifs is 1. The van der Waals surface area contributed by atoms with Gasteiger partial charge in [-0.1, -0.05) is 71.9 Å². The van der Waals surface area contributed by atoms with Crippen LogP contribution >= 0.6 is 23.4 Å². The SMILES string of the molecule is CC(CCc1ccccc1)NC(=O)CCCCSc1nc2ccccc2c(=O)n1-c1cccc(Cl)c1. The van der Waals surface area contributed by atoms with Gasteiger partial charge in [0.1, 0.15) is 0 Å². The predicted molar refractivity (Wildman–Crippen MR) is 149 cm³/mol. The molecule has 0 aliphatic carbocycles. The van der Waals surface area contributed by atoms with E-state index in [9.17, 15) is 9.59 Å². The minimum atomic E-state index is -0.116. The normalized spacial score (nSPS) is 11.9. The Morgan fingerprint density at radius 1 is 1.03 bits per heavy atom. The molecule has 0 aliphatic heterocycles. The summed E-state index contributed by atoms with van der Waals surface area (Å²) in [7, 11) is 0. The Kier molecular flexibility index (Phi) is 9.20. The largest absolute Gasteiger partial charge is 0.354 e. The van der Waals surface area contributed by atoms with Gasteiger partial charge in [-0.25, -0.2) is 4.98 Å². The first-order chi connectivity index (χ1) is 17.5. The fourth-order valence-corrected chi connectivity index (χ4v) is 5.25. The third kappa shape index (κ3) is 6.99. The van der Waals surface area contributed by atoms with Gasteiger partial charge in [-0.2, -0.15) is 0 Å². The number of thioether (sulfide) groups is 1. The van der Waals surface area contributed by atoms with Gasteiger partial charge in [0.05, 0.1) is 16.6 Å². The summed E-state index contributed by atoms with van der Waals surface area (Å²) in [6.07, 6.45) is 3.97. The molecule has 1 unspecified atom stereocenters. The van der Waals surface area contributed by atoms with Crippen LogP contribution in [0.1, 0.15) is 38.2 Å². The molecule has 7 heteroatoms. The molecule has 36 heavy (non-hydrogen) atoms. The van der Waals surface area contributed by atoms with Crippen molar-refractivity contribution in [2.75, 3.05) is 5.75 Å². The monoisotopic (exact) mass is 519 g/mol. The van der Waals surface area contributed by atoms with Crippen molar-refractivity contribution in [3.05, 3.63) is 99.8 Å². The number of rotatable bonds is 11. The summed E-state index contributed by atoms with van der Waals surface area (Å²) < 4.78 is 1.63. The molecule has 1 amide bonds. The summed E-state index contributed by atoms with van der Waals surface area (Å²) in [5.74, 6) is 0.836. The number of aryl methyl sites for hydroxylation is 1. The summed E-state index contributed by atoms with van der Waals surface area (Å²) in [5, 5.41) is 4.86. The highest BCUT2D eigenvalue weighted by Crippen LogP contribution is 2.24. The lowest BCUT2D eigenvalue weighted by molar-refractivity contribution is -0.121. The molecule has 3 aromatic carbocycles. The van der Waals surface area contributed by atoms with E-state index in [-0.39, 0.29) is 17.5 Å². The molecule has 1 aromatic heterocycles. The molecular formula is C29H30ClN3O2S. The standard InChI is InChI=1S/C29H30ClN3O2S/c1-21(17-18-22-10-3-2-4-11-22)31-27(34)16-7-8-19-36-29-32-26-15-6-5-14-25(26)28(35)33(29)24-13-9-12-23(30)20-24/h2-6,9-15,20-21H,7-8,16-19H2,1H3,(H,31,34). The fourth-order valence-electron chi connectivity index (χ4n) is 4.05. The van der Waals surface area contributed by atoms with Crippen LogP contribution in [0.25, 0.3) is 16.6 Å². The highest BCUT2D eigenvalue weighted by molar-refractivity contribution is 7.99. The van der Waals surface area contributed by atoms with Crippen molar-refractivity contribution in [1.29, 1.82) is 0 Å². The molecule has 4 rings (SSSR count). The van der Waals surface area contributed by atoms with E-state index < -0.39 is 0 Å². The summed E-state index contributed by atoms with van der Waals surface area (Å²) >= 11 is 7.72. The van der Waals surface area contributed by atoms with Crippen LogP contribution in [0, 0.1) is 0 Å². The number of carbonyl (C=O) groups is 1. The third-order valence-corrected chi connectivity index (χ3v) is 7.22. The molecule has 1 heterocycles. The van der Waals surface area contributed by atoms with E-state index in [4.69, 9.17) is 16.6 Å². The molecule has 0 bridgehead atoms. The van der Waals surface area contributed by atoms with Crippen LogP contribution < -0.4 is 10.9 Å². The molecule has 0 fully saturated rings. The van der Waals surface area contributed by atoms with E-state index in [1.165, 1.54) is 17.3 Å². The van der Waals surface area contributed by atoms with E-state index in [1.807, 2.05) is 48.5 Å². The highest BCUT2D eigenvalue weighted by atomic mass is 35.5. The summed E-state index contributed by atoms with van der Waals surface area (Å²) in [6, 6.07) is 25.1. The first-order valence-corrected chi connectivity index (χ1v) is 13.6. The van der Waals surface area contributed by atoms with E-state index in [2.05, 4.69) is 24.4 Å². The molecule has 4 aromatic rings. The Bertz CT molecular complexity index is 1370. The van der Waals surface area contributed by atoms with Gasteiger partial charge in [-0.3, -0.25) is 14.2 Å².